The normalized spacial score (nSPS) is 29.6. The van der Waals surface area contributed by atoms with Gasteiger partial charge in [0.15, 0.2) is 0 Å². The minimum absolute atomic E-state index is 0.127. The van der Waals surface area contributed by atoms with Crippen molar-refractivity contribution in [3.8, 4) is 0 Å². The summed E-state index contributed by atoms with van der Waals surface area (Å²) < 4.78 is 0. The molecule has 0 amide bonds. The largest absolute Gasteiger partial charge is 0.481 e. The fraction of sp³-hybridized carbons (Fsp3) is 0.933. The number of aliphatic carboxylic acids is 1. The first-order valence-corrected chi connectivity index (χ1v) is 7.56. The molecule has 0 bridgehead atoms. The van der Waals surface area contributed by atoms with E-state index in [1.165, 1.54) is 51.6 Å². The van der Waals surface area contributed by atoms with Gasteiger partial charge in [-0.2, -0.15) is 0 Å². The molecule has 3 aliphatic rings. The predicted octanol–water partition coefficient (Wildman–Crippen LogP) is 2.90. The highest BCUT2D eigenvalue weighted by molar-refractivity contribution is 5.68. The van der Waals surface area contributed by atoms with E-state index in [-0.39, 0.29) is 5.41 Å². The van der Waals surface area contributed by atoms with Crippen molar-refractivity contribution in [2.24, 2.45) is 10.8 Å². The SMILES string of the molecule is O=C(O)CC1(CN2CC3(CCCCC3)C2)CCC1. The summed E-state index contributed by atoms with van der Waals surface area (Å²) in [5, 5.41) is 9.04. The second-order valence-electron chi connectivity index (χ2n) is 7.13. The molecule has 0 atom stereocenters. The van der Waals surface area contributed by atoms with Gasteiger partial charge in [-0.1, -0.05) is 25.7 Å². The van der Waals surface area contributed by atoms with Gasteiger partial charge in [-0.05, 0) is 36.5 Å². The van der Waals surface area contributed by atoms with Crippen LogP contribution in [-0.2, 0) is 4.79 Å². The minimum atomic E-state index is -0.609. The van der Waals surface area contributed by atoms with E-state index in [4.69, 9.17) is 5.11 Å². The second-order valence-corrected chi connectivity index (χ2v) is 7.13. The molecule has 1 N–H and O–H groups in total. The Hall–Kier alpha value is -0.570. The first kappa shape index (κ1) is 12.5. The fourth-order valence-corrected chi connectivity index (χ4v) is 4.49. The molecular formula is C15H25NO2. The molecule has 0 aromatic rings. The highest BCUT2D eigenvalue weighted by atomic mass is 16.4. The Morgan fingerprint density at radius 3 is 2.17 bits per heavy atom. The molecule has 0 aromatic carbocycles. The van der Waals surface area contributed by atoms with E-state index in [9.17, 15) is 4.79 Å². The monoisotopic (exact) mass is 251 g/mol. The molecule has 1 heterocycles. The summed E-state index contributed by atoms with van der Waals surface area (Å²) in [6.45, 7) is 3.53. The standard InChI is InChI=1S/C15H25NO2/c17-13(18)9-14(7-4-8-14)10-16-11-15(12-16)5-2-1-3-6-15/h1-12H2,(H,17,18). The third-order valence-corrected chi connectivity index (χ3v) is 5.53. The number of carbonyl (C=O) groups is 1. The lowest BCUT2D eigenvalue weighted by molar-refractivity contribution is -0.143. The summed E-state index contributed by atoms with van der Waals surface area (Å²) in [5.74, 6) is -0.609. The van der Waals surface area contributed by atoms with E-state index in [2.05, 4.69) is 4.90 Å². The summed E-state index contributed by atoms with van der Waals surface area (Å²) in [6.07, 6.45) is 10.9. The van der Waals surface area contributed by atoms with E-state index < -0.39 is 5.97 Å². The van der Waals surface area contributed by atoms with E-state index >= 15 is 0 Å². The van der Waals surface area contributed by atoms with Gasteiger partial charge in [0, 0.05) is 19.6 Å². The Balaban J connectivity index is 1.51. The Kier molecular flexibility index (Phi) is 3.13. The molecule has 0 radical (unpaired) electrons. The number of nitrogens with zero attached hydrogens (tertiary/aromatic N) is 1. The molecule has 18 heavy (non-hydrogen) atoms. The summed E-state index contributed by atoms with van der Waals surface area (Å²) >= 11 is 0. The zero-order valence-electron chi connectivity index (χ0n) is 11.3. The van der Waals surface area contributed by atoms with Crippen molar-refractivity contribution in [1.29, 1.82) is 0 Å². The van der Waals surface area contributed by atoms with Crippen molar-refractivity contribution >= 4 is 5.97 Å². The van der Waals surface area contributed by atoms with Crippen LogP contribution in [0.2, 0.25) is 0 Å². The van der Waals surface area contributed by atoms with Crippen LogP contribution < -0.4 is 0 Å². The number of hydrogen-bond donors (Lipinski definition) is 1. The fourth-order valence-electron chi connectivity index (χ4n) is 4.49. The first-order valence-electron chi connectivity index (χ1n) is 7.56. The summed E-state index contributed by atoms with van der Waals surface area (Å²) in [5.41, 5.74) is 0.758. The van der Waals surface area contributed by atoms with E-state index in [0.29, 0.717) is 11.8 Å². The summed E-state index contributed by atoms with van der Waals surface area (Å²) in [7, 11) is 0. The highest BCUT2D eigenvalue weighted by Crippen LogP contribution is 2.49. The van der Waals surface area contributed by atoms with Crippen molar-refractivity contribution in [2.75, 3.05) is 19.6 Å². The van der Waals surface area contributed by atoms with Crippen LogP contribution >= 0.6 is 0 Å². The van der Waals surface area contributed by atoms with Crippen molar-refractivity contribution in [2.45, 2.75) is 57.8 Å². The summed E-state index contributed by atoms with van der Waals surface area (Å²) in [4.78, 5) is 13.5. The maximum absolute atomic E-state index is 11.0. The molecule has 1 spiro atoms. The minimum Gasteiger partial charge on any atom is -0.481 e. The van der Waals surface area contributed by atoms with Crippen molar-refractivity contribution < 1.29 is 9.90 Å². The Labute approximate surface area is 110 Å². The molecule has 1 saturated heterocycles. The number of carboxylic acids is 1. The summed E-state index contributed by atoms with van der Waals surface area (Å²) in [6, 6.07) is 0. The number of carboxylic acid groups (broad SMARTS) is 1. The number of rotatable bonds is 4. The number of hydrogen-bond acceptors (Lipinski definition) is 2. The van der Waals surface area contributed by atoms with Gasteiger partial charge < -0.3 is 10.0 Å². The molecular weight excluding hydrogens is 226 g/mol. The first-order chi connectivity index (χ1) is 8.62. The maximum Gasteiger partial charge on any atom is 0.303 e. The lowest BCUT2D eigenvalue weighted by Crippen LogP contribution is -2.60. The molecule has 3 rings (SSSR count). The van der Waals surface area contributed by atoms with Gasteiger partial charge in [0.1, 0.15) is 0 Å². The zero-order valence-corrected chi connectivity index (χ0v) is 11.3. The average molecular weight is 251 g/mol. The zero-order chi connectivity index (χ0) is 12.6. The van der Waals surface area contributed by atoms with Gasteiger partial charge in [-0.15, -0.1) is 0 Å². The molecule has 102 valence electrons. The van der Waals surface area contributed by atoms with Crippen LogP contribution in [-0.4, -0.2) is 35.6 Å². The quantitative estimate of drug-likeness (QED) is 0.835. The topological polar surface area (TPSA) is 40.5 Å². The molecule has 2 saturated carbocycles. The highest BCUT2D eigenvalue weighted by Gasteiger charge is 2.48. The van der Waals surface area contributed by atoms with Gasteiger partial charge in [0.05, 0.1) is 6.42 Å². The number of likely N-dealkylation sites (tertiary alicyclic amines) is 1. The van der Waals surface area contributed by atoms with Crippen molar-refractivity contribution in [1.82, 2.24) is 4.90 Å². The predicted molar refractivity (Wildman–Crippen MR) is 70.5 cm³/mol. The van der Waals surface area contributed by atoms with Crippen LogP contribution in [0.15, 0.2) is 0 Å². The Morgan fingerprint density at radius 2 is 1.67 bits per heavy atom. The van der Waals surface area contributed by atoms with E-state index in [1.54, 1.807) is 0 Å². The van der Waals surface area contributed by atoms with Crippen LogP contribution in [0.1, 0.15) is 57.8 Å². The van der Waals surface area contributed by atoms with Gasteiger partial charge in [-0.25, -0.2) is 0 Å². The van der Waals surface area contributed by atoms with Gasteiger partial charge in [0.25, 0.3) is 0 Å². The molecule has 0 unspecified atom stereocenters. The van der Waals surface area contributed by atoms with E-state index in [0.717, 1.165) is 19.4 Å². The van der Waals surface area contributed by atoms with Gasteiger partial charge in [0.2, 0.25) is 0 Å². The van der Waals surface area contributed by atoms with Crippen LogP contribution in [0.3, 0.4) is 0 Å². The lowest BCUT2D eigenvalue weighted by atomic mass is 9.63. The van der Waals surface area contributed by atoms with Crippen molar-refractivity contribution in [3.05, 3.63) is 0 Å². The Bertz CT molecular complexity index is 321. The lowest BCUT2D eigenvalue weighted by Gasteiger charge is -2.56. The average Bonchev–Trinajstić information content (AvgIpc) is 2.24. The van der Waals surface area contributed by atoms with Crippen LogP contribution in [0.25, 0.3) is 0 Å². The van der Waals surface area contributed by atoms with Crippen LogP contribution in [0.4, 0.5) is 0 Å². The van der Waals surface area contributed by atoms with E-state index in [1.807, 2.05) is 0 Å². The molecule has 0 aromatic heterocycles. The van der Waals surface area contributed by atoms with Crippen molar-refractivity contribution in [3.63, 3.8) is 0 Å². The smallest absolute Gasteiger partial charge is 0.303 e. The maximum atomic E-state index is 11.0. The third-order valence-electron chi connectivity index (χ3n) is 5.53. The van der Waals surface area contributed by atoms with Crippen LogP contribution in [0, 0.1) is 10.8 Å². The third kappa shape index (κ3) is 2.29. The molecule has 3 heteroatoms. The molecule has 3 nitrogen and oxygen atoms in total. The van der Waals surface area contributed by atoms with Gasteiger partial charge in [-0.3, -0.25) is 4.79 Å². The molecule has 2 aliphatic carbocycles. The molecule has 3 fully saturated rings. The van der Waals surface area contributed by atoms with Gasteiger partial charge >= 0.3 is 5.97 Å². The molecule has 1 aliphatic heterocycles. The van der Waals surface area contributed by atoms with Crippen LogP contribution in [0.5, 0.6) is 0 Å². The second kappa shape index (κ2) is 4.52. The Morgan fingerprint density at radius 1 is 1.00 bits per heavy atom.